The summed E-state index contributed by atoms with van der Waals surface area (Å²) in [7, 11) is 0. The second kappa shape index (κ2) is 8.96. The number of piperidine rings is 1. The van der Waals surface area contributed by atoms with Crippen LogP contribution in [0.15, 0.2) is 36.4 Å². The highest BCUT2D eigenvalue weighted by Crippen LogP contribution is 2.30. The number of amides is 4. The minimum absolute atomic E-state index is 0.0909. The average molecular weight is 463 g/mol. The van der Waals surface area contributed by atoms with E-state index in [2.05, 4.69) is 15.5 Å². The van der Waals surface area contributed by atoms with Crippen LogP contribution < -0.4 is 21.3 Å². The molecule has 0 bridgehead atoms. The predicted molar refractivity (Wildman–Crippen MR) is 123 cm³/mol. The van der Waals surface area contributed by atoms with E-state index in [-0.39, 0.29) is 24.4 Å². The summed E-state index contributed by atoms with van der Waals surface area (Å²) in [6, 6.07) is 10.2. The lowest BCUT2D eigenvalue weighted by molar-refractivity contribution is -0.136. The molecule has 0 aliphatic carbocycles. The summed E-state index contributed by atoms with van der Waals surface area (Å²) >= 11 is 0. The third-order valence-electron chi connectivity index (χ3n) is 6.52. The van der Waals surface area contributed by atoms with Crippen LogP contribution in [0.2, 0.25) is 0 Å². The highest BCUT2D eigenvalue weighted by atomic mass is 16.2. The van der Waals surface area contributed by atoms with Crippen LogP contribution in [0.1, 0.15) is 51.2 Å². The van der Waals surface area contributed by atoms with Crippen LogP contribution in [0.5, 0.6) is 0 Å². The van der Waals surface area contributed by atoms with E-state index < -0.39 is 29.7 Å². The normalized spacial score (nSPS) is 22.4. The monoisotopic (exact) mass is 462 g/mol. The molecule has 1 aromatic carbocycles. The number of rotatable bonds is 6. The Kier molecular flexibility index (Phi) is 5.84. The Bertz CT molecular complexity index is 1180. The molecule has 176 valence electrons. The number of nitrogens with two attached hydrogens (primary N) is 1. The number of hydrogen-bond acceptors (Lipinski definition) is 8. The molecule has 10 heteroatoms. The van der Waals surface area contributed by atoms with Crippen molar-refractivity contribution in [3.05, 3.63) is 58.8 Å². The van der Waals surface area contributed by atoms with Gasteiger partial charge in [-0.3, -0.25) is 29.4 Å². The quantitative estimate of drug-likeness (QED) is 0.522. The highest BCUT2D eigenvalue weighted by Gasteiger charge is 2.45. The van der Waals surface area contributed by atoms with E-state index in [1.54, 1.807) is 18.2 Å². The van der Waals surface area contributed by atoms with Crippen molar-refractivity contribution in [3.63, 3.8) is 0 Å². The van der Waals surface area contributed by atoms with Gasteiger partial charge in [0.2, 0.25) is 11.8 Å². The maximum Gasteiger partial charge on any atom is 0.262 e. The molecule has 2 unspecified atom stereocenters. The second-order valence-corrected chi connectivity index (χ2v) is 8.87. The number of anilines is 1. The van der Waals surface area contributed by atoms with Gasteiger partial charge in [0, 0.05) is 38.6 Å². The fourth-order valence-electron chi connectivity index (χ4n) is 4.79. The number of carbonyl (C=O) groups is 4. The number of nitrogens with one attached hydrogen (secondary N) is 2. The standard InChI is InChI=1S/C24H26N6O4/c25-15-9-10-29(13-15)19-6-2-4-16(27-19)12-26-11-14-3-1-5-17-21(14)24(34)30(23(17)33)18-7-8-20(31)28-22(18)32/h1-6,15,18,26H,7-13,25H2,(H,28,31,32). The summed E-state index contributed by atoms with van der Waals surface area (Å²) in [6.07, 6.45) is 1.17. The van der Waals surface area contributed by atoms with Crippen LogP contribution in [-0.4, -0.2) is 58.7 Å². The number of pyridine rings is 1. The summed E-state index contributed by atoms with van der Waals surface area (Å²) in [6.45, 7) is 2.52. The Morgan fingerprint density at radius 3 is 2.62 bits per heavy atom. The van der Waals surface area contributed by atoms with Crippen LogP contribution in [0.4, 0.5) is 5.82 Å². The van der Waals surface area contributed by atoms with Gasteiger partial charge in [0.1, 0.15) is 11.9 Å². The summed E-state index contributed by atoms with van der Waals surface area (Å²) in [4.78, 5) is 57.8. The molecule has 3 aliphatic rings. The molecule has 1 aromatic heterocycles. The third-order valence-corrected chi connectivity index (χ3v) is 6.52. The van der Waals surface area contributed by atoms with Crippen molar-refractivity contribution in [1.82, 2.24) is 20.5 Å². The van der Waals surface area contributed by atoms with Crippen molar-refractivity contribution in [2.24, 2.45) is 5.73 Å². The Morgan fingerprint density at radius 1 is 1.03 bits per heavy atom. The number of carbonyl (C=O) groups excluding carboxylic acids is 4. The molecule has 3 aliphatic heterocycles. The fraction of sp³-hybridized carbons (Fsp3) is 0.375. The van der Waals surface area contributed by atoms with E-state index >= 15 is 0 Å². The smallest absolute Gasteiger partial charge is 0.262 e. The molecule has 10 nitrogen and oxygen atoms in total. The molecule has 4 amide bonds. The molecule has 4 heterocycles. The van der Waals surface area contributed by atoms with Gasteiger partial charge in [0.25, 0.3) is 11.8 Å². The van der Waals surface area contributed by atoms with Crippen molar-refractivity contribution in [2.75, 3.05) is 18.0 Å². The minimum Gasteiger partial charge on any atom is -0.355 e. The lowest BCUT2D eigenvalue weighted by Crippen LogP contribution is -2.54. The van der Waals surface area contributed by atoms with Crippen molar-refractivity contribution in [3.8, 4) is 0 Å². The molecule has 4 N–H and O–H groups in total. The molecule has 2 saturated heterocycles. The number of nitrogens with zero attached hydrogens (tertiary/aromatic N) is 3. The molecule has 0 spiro atoms. The zero-order chi connectivity index (χ0) is 23.8. The highest BCUT2D eigenvalue weighted by molar-refractivity contribution is 6.24. The maximum absolute atomic E-state index is 13.2. The summed E-state index contributed by atoms with van der Waals surface area (Å²) in [5, 5.41) is 5.52. The molecule has 34 heavy (non-hydrogen) atoms. The van der Waals surface area contributed by atoms with Gasteiger partial charge in [-0.25, -0.2) is 4.98 Å². The van der Waals surface area contributed by atoms with E-state index in [4.69, 9.17) is 10.7 Å². The SMILES string of the molecule is NC1CCN(c2cccc(CNCc3cccc4c3C(=O)N(C3CCC(=O)NC3=O)C4=O)n2)C1. The van der Waals surface area contributed by atoms with Gasteiger partial charge in [-0.1, -0.05) is 18.2 Å². The zero-order valence-electron chi connectivity index (χ0n) is 18.6. The number of aromatic nitrogens is 1. The molecule has 2 fully saturated rings. The molecule has 0 saturated carbocycles. The third kappa shape index (κ3) is 4.06. The van der Waals surface area contributed by atoms with Crippen LogP contribution in [-0.2, 0) is 22.7 Å². The van der Waals surface area contributed by atoms with Gasteiger partial charge < -0.3 is 16.0 Å². The first-order valence-electron chi connectivity index (χ1n) is 11.4. The van der Waals surface area contributed by atoms with Gasteiger partial charge in [-0.05, 0) is 36.6 Å². The molecule has 2 atom stereocenters. The van der Waals surface area contributed by atoms with Crippen molar-refractivity contribution >= 4 is 29.4 Å². The molecule has 0 radical (unpaired) electrons. The first kappa shape index (κ1) is 22.2. The Hall–Kier alpha value is -3.63. The first-order valence-corrected chi connectivity index (χ1v) is 11.4. The van der Waals surface area contributed by atoms with Crippen molar-refractivity contribution in [2.45, 2.75) is 44.4 Å². The molecular formula is C24H26N6O4. The zero-order valence-corrected chi connectivity index (χ0v) is 18.6. The maximum atomic E-state index is 13.2. The lowest BCUT2D eigenvalue weighted by Gasteiger charge is -2.27. The summed E-state index contributed by atoms with van der Waals surface area (Å²) in [5.41, 5.74) is 8.12. The Balaban J connectivity index is 1.28. The molecule has 5 rings (SSSR count). The second-order valence-electron chi connectivity index (χ2n) is 8.87. The topological polar surface area (TPSA) is 138 Å². The van der Waals surface area contributed by atoms with Gasteiger partial charge in [0.15, 0.2) is 0 Å². The fourth-order valence-corrected chi connectivity index (χ4v) is 4.79. The largest absolute Gasteiger partial charge is 0.355 e. The van der Waals surface area contributed by atoms with Crippen molar-refractivity contribution in [1.29, 1.82) is 0 Å². The molecular weight excluding hydrogens is 436 g/mol. The number of benzene rings is 1. The molecule has 2 aromatic rings. The van der Waals surface area contributed by atoms with E-state index in [1.165, 1.54) is 0 Å². The number of fused-ring (bicyclic) bond motifs is 1. The average Bonchev–Trinajstić information content (AvgIpc) is 3.36. The van der Waals surface area contributed by atoms with Gasteiger partial charge >= 0.3 is 0 Å². The summed E-state index contributed by atoms with van der Waals surface area (Å²) in [5.74, 6) is -1.12. The number of hydrogen-bond donors (Lipinski definition) is 3. The Morgan fingerprint density at radius 2 is 1.85 bits per heavy atom. The summed E-state index contributed by atoms with van der Waals surface area (Å²) < 4.78 is 0. The van der Waals surface area contributed by atoms with E-state index in [1.807, 2.05) is 18.2 Å². The van der Waals surface area contributed by atoms with E-state index in [0.29, 0.717) is 24.2 Å². The van der Waals surface area contributed by atoms with Crippen LogP contribution >= 0.6 is 0 Å². The van der Waals surface area contributed by atoms with E-state index in [0.717, 1.165) is 35.9 Å². The van der Waals surface area contributed by atoms with Gasteiger partial charge in [-0.15, -0.1) is 0 Å². The van der Waals surface area contributed by atoms with Gasteiger partial charge in [-0.2, -0.15) is 0 Å². The lowest BCUT2D eigenvalue weighted by atomic mass is 10.0. The van der Waals surface area contributed by atoms with Gasteiger partial charge in [0.05, 0.1) is 16.8 Å². The van der Waals surface area contributed by atoms with E-state index in [9.17, 15) is 19.2 Å². The minimum atomic E-state index is -0.975. The first-order chi connectivity index (χ1) is 16.4. The number of imide groups is 2. The van der Waals surface area contributed by atoms with Crippen molar-refractivity contribution < 1.29 is 19.2 Å². The van der Waals surface area contributed by atoms with Crippen LogP contribution in [0, 0.1) is 0 Å². The Labute approximate surface area is 196 Å². The van der Waals surface area contributed by atoms with Crippen LogP contribution in [0.25, 0.3) is 0 Å². The van der Waals surface area contributed by atoms with Crippen LogP contribution in [0.3, 0.4) is 0 Å². The predicted octanol–water partition coefficient (Wildman–Crippen LogP) is 0.310.